The highest BCUT2D eigenvalue weighted by Crippen LogP contribution is 2.33. The van der Waals surface area contributed by atoms with Gasteiger partial charge in [0.1, 0.15) is 0 Å². The fourth-order valence-electron chi connectivity index (χ4n) is 2.90. The summed E-state index contributed by atoms with van der Waals surface area (Å²) in [7, 11) is 0. The second-order valence-corrected chi connectivity index (χ2v) is 7.43. The molecule has 0 heterocycles. The summed E-state index contributed by atoms with van der Waals surface area (Å²) in [5.41, 5.74) is 0. The molecule has 0 nitrogen and oxygen atoms in total. The van der Waals surface area contributed by atoms with E-state index >= 15 is 0 Å². The monoisotopic (exact) mass is 254 g/mol. The summed E-state index contributed by atoms with van der Waals surface area (Å²) in [6.45, 7) is 19.2. The molecule has 0 fully saturated rings. The van der Waals surface area contributed by atoms with Crippen LogP contribution in [-0.4, -0.2) is 0 Å². The first-order valence-corrected chi connectivity index (χ1v) is 8.29. The lowest BCUT2D eigenvalue weighted by Gasteiger charge is -2.31. The summed E-state index contributed by atoms with van der Waals surface area (Å²) >= 11 is 0. The second-order valence-electron chi connectivity index (χ2n) is 7.43. The lowest BCUT2D eigenvalue weighted by Crippen LogP contribution is -2.21. The van der Waals surface area contributed by atoms with E-state index in [2.05, 4.69) is 55.4 Å². The van der Waals surface area contributed by atoms with Crippen LogP contribution in [0.4, 0.5) is 0 Å². The van der Waals surface area contributed by atoms with E-state index < -0.39 is 0 Å². The number of hydrogen-bond acceptors (Lipinski definition) is 0. The molecule has 0 aromatic carbocycles. The predicted octanol–water partition coefficient (Wildman–Crippen LogP) is 6.40. The molecule has 0 heteroatoms. The molecule has 0 rings (SSSR count). The van der Waals surface area contributed by atoms with Crippen molar-refractivity contribution in [2.45, 2.75) is 81.1 Å². The lowest BCUT2D eigenvalue weighted by atomic mass is 9.75. The Morgan fingerprint density at radius 2 is 1.28 bits per heavy atom. The third kappa shape index (κ3) is 6.81. The predicted molar refractivity (Wildman–Crippen MR) is 84.8 cm³/mol. The normalized spacial score (nSPS) is 19.0. The van der Waals surface area contributed by atoms with Gasteiger partial charge in [0.2, 0.25) is 0 Å². The van der Waals surface area contributed by atoms with E-state index in [4.69, 9.17) is 0 Å². The van der Waals surface area contributed by atoms with Crippen molar-refractivity contribution in [1.82, 2.24) is 0 Å². The van der Waals surface area contributed by atoms with Gasteiger partial charge in [-0.2, -0.15) is 0 Å². The molecule has 4 atom stereocenters. The van der Waals surface area contributed by atoms with Crippen molar-refractivity contribution in [2.24, 2.45) is 35.5 Å². The van der Waals surface area contributed by atoms with E-state index in [1.165, 1.54) is 25.7 Å². The summed E-state index contributed by atoms with van der Waals surface area (Å²) in [6.07, 6.45) is 5.57. The van der Waals surface area contributed by atoms with E-state index in [0.717, 1.165) is 35.5 Å². The van der Waals surface area contributed by atoms with E-state index in [0.29, 0.717) is 0 Å². The molecule has 0 aromatic heterocycles. The maximum absolute atomic E-state index is 2.47. The first-order chi connectivity index (χ1) is 8.29. The van der Waals surface area contributed by atoms with E-state index in [1.807, 2.05) is 0 Å². The topological polar surface area (TPSA) is 0 Å². The quantitative estimate of drug-likeness (QED) is 0.446. The minimum absolute atomic E-state index is 0.843. The molecule has 0 aliphatic rings. The van der Waals surface area contributed by atoms with Crippen LogP contribution < -0.4 is 0 Å². The van der Waals surface area contributed by atoms with Gasteiger partial charge in [-0.05, 0) is 48.3 Å². The van der Waals surface area contributed by atoms with Crippen molar-refractivity contribution in [3.05, 3.63) is 0 Å². The third-order valence-corrected chi connectivity index (χ3v) is 5.17. The minimum atomic E-state index is 0.843. The molecule has 110 valence electrons. The summed E-state index contributed by atoms with van der Waals surface area (Å²) in [4.78, 5) is 0. The van der Waals surface area contributed by atoms with Crippen LogP contribution in [0.25, 0.3) is 0 Å². The van der Waals surface area contributed by atoms with Crippen molar-refractivity contribution >= 4 is 0 Å². The maximum atomic E-state index is 2.47. The first kappa shape index (κ1) is 18.0. The van der Waals surface area contributed by atoms with Crippen LogP contribution in [0.1, 0.15) is 81.1 Å². The zero-order valence-electron chi connectivity index (χ0n) is 14.3. The standard InChI is InChI=1S/C18H38/c1-9-15(6)17(8)16(7)12-18(14(4)5)11-10-13(2)3/h13-18H,9-12H2,1-8H3. The van der Waals surface area contributed by atoms with Crippen LogP contribution >= 0.6 is 0 Å². The SMILES string of the molecule is CCC(C)C(C)C(C)CC(CCC(C)C)C(C)C. The van der Waals surface area contributed by atoms with E-state index in [1.54, 1.807) is 0 Å². The Kier molecular flexibility index (Phi) is 8.99. The molecule has 0 aliphatic carbocycles. The van der Waals surface area contributed by atoms with Crippen LogP contribution in [0.2, 0.25) is 0 Å². The van der Waals surface area contributed by atoms with Gasteiger partial charge in [0.25, 0.3) is 0 Å². The summed E-state index contributed by atoms with van der Waals surface area (Å²) in [5, 5.41) is 0. The first-order valence-electron chi connectivity index (χ1n) is 8.29. The summed E-state index contributed by atoms with van der Waals surface area (Å²) in [6, 6.07) is 0. The largest absolute Gasteiger partial charge is 0.0651 e. The number of rotatable bonds is 9. The van der Waals surface area contributed by atoms with Crippen LogP contribution in [0, 0.1) is 35.5 Å². The molecule has 0 bridgehead atoms. The molecule has 0 amide bonds. The second kappa shape index (κ2) is 8.99. The minimum Gasteiger partial charge on any atom is -0.0651 e. The van der Waals surface area contributed by atoms with Gasteiger partial charge in [-0.25, -0.2) is 0 Å². The molecule has 0 saturated carbocycles. The molecule has 18 heavy (non-hydrogen) atoms. The molecule has 0 radical (unpaired) electrons. The van der Waals surface area contributed by atoms with E-state index in [-0.39, 0.29) is 0 Å². The van der Waals surface area contributed by atoms with E-state index in [9.17, 15) is 0 Å². The molecular weight excluding hydrogens is 216 g/mol. The van der Waals surface area contributed by atoms with Gasteiger partial charge in [0, 0.05) is 0 Å². The Morgan fingerprint density at radius 3 is 1.67 bits per heavy atom. The molecule has 0 aromatic rings. The van der Waals surface area contributed by atoms with Gasteiger partial charge < -0.3 is 0 Å². The van der Waals surface area contributed by atoms with Crippen molar-refractivity contribution in [3.8, 4) is 0 Å². The van der Waals surface area contributed by atoms with Crippen molar-refractivity contribution in [1.29, 1.82) is 0 Å². The lowest BCUT2D eigenvalue weighted by molar-refractivity contribution is 0.196. The Bertz CT molecular complexity index is 192. The van der Waals surface area contributed by atoms with Gasteiger partial charge in [0.05, 0.1) is 0 Å². The van der Waals surface area contributed by atoms with Gasteiger partial charge in [0.15, 0.2) is 0 Å². The highest BCUT2D eigenvalue weighted by Gasteiger charge is 2.23. The highest BCUT2D eigenvalue weighted by atomic mass is 14.3. The fraction of sp³-hybridized carbons (Fsp3) is 1.00. The molecular formula is C18H38. The van der Waals surface area contributed by atoms with Gasteiger partial charge in [-0.3, -0.25) is 0 Å². The van der Waals surface area contributed by atoms with Crippen LogP contribution in [0.5, 0.6) is 0 Å². The van der Waals surface area contributed by atoms with Gasteiger partial charge in [-0.15, -0.1) is 0 Å². The molecule has 0 spiro atoms. The third-order valence-electron chi connectivity index (χ3n) is 5.17. The average Bonchev–Trinajstić information content (AvgIpc) is 2.31. The summed E-state index contributed by atoms with van der Waals surface area (Å²) in [5.74, 6) is 5.24. The molecule has 0 N–H and O–H groups in total. The number of hydrogen-bond donors (Lipinski definition) is 0. The highest BCUT2D eigenvalue weighted by molar-refractivity contribution is 4.73. The van der Waals surface area contributed by atoms with Crippen molar-refractivity contribution in [2.75, 3.05) is 0 Å². The molecule has 0 saturated heterocycles. The van der Waals surface area contributed by atoms with Gasteiger partial charge in [-0.1, -0.05) is 68.2 Å². The zero-order chi connectivity index (χ0) is 14.3. The van der Waals surface area contributed by atoms with Gasteiger partial charge >= 0.3 is 0 Å². The molecule has 0 aliphatic heterocycles. The Labute approximate surface area is 117 Å². The van der Waals surface area contributed by atoms with Crippen LogP contribution in [0.15, 0.2) is 0 Å². The van der Waals surface area contributed by atoms with Crippen LogP contribution in [0.3, 0.4) is 0 Å². The summed E-state index contributed by atoms with van der Waals surface area (Å²) < 4.78 is 0. The Hall–Kier alpha value is 0. The van der Waals surface area contributed by atoms with Crippen molar-refractivity contribution < 1.29 is 0 Å². The maximum Gasteiger partial charge on any atom is -0.0388 e. The zero-order valence-corrected chi connectivity index (χ0v) is 14.3. The average molecular weight is 255 g/mol. The Balaban J connectivity index is 4.30. The van der Waals surface area contributed by atoms with Crippen molar-refractivity contribution in [3.63, 3.8) is 0 Å². The smallest absolute Gasteiger partial charge is 0.0388 e. The Morgan fingerprint density at radius 1 is 0.722 bits per heavy atom. The fourth-order valence-corrected chi connectivity index (χ4v) is 2.90. The van der Waals surface area contributed by atoms with Crippen LogP contribution in [-0.2, 0) is 0 Å². The molecule has 4 unspecified atom stereocenters.